The van der Waals surface area contributed by atoms with Gasteiger partial charge in [0.2, 0.25) is 0 Å². The Morgan fingerprint density at radius 1 is 1.16 bits per heavy atom. The molecule has 0 aliphatic carbocycles. The first-order valence-corrected chi connectivity index (χ1v) is 7.50. The van der Waals surface area contributed by atoms with Crippen LogP contribution in [0.25, 0.3) is 0 Å². The molecule has 5 heteroatoms. The van der Waals surface area contributed by atoms with Crippen molar-refractivity contribution in [3.05, 3.63) is 67.3 Å². The Morgan fingerprint density at radius 3 is 2.53 bits per heavy atom. The number of aliphatic hydroxyl groups excluding tert-OH is 1. The van der Waals surface area contributed by atoms with E-state index in [4.69, 9.17) is 11.6 Å². The fourth-order valence-electron chi connectivity index (χ4n) is 1.78. The lowest BCUT2D eigenvalue weighted by atomic mass is 10.0. The summed E-state index contributed by atoms with van der Waals surface area (Å²) in [6, 6.07) is 9.93. The van der Waals surface area contributed by atoms with Gasteiger partial charge in [0, 0.05) is 20.4 Å². The highest BCUT2D eigenvalue weighted by Crippen LogP contribution is 2.29. The van der Waals surface area contributed by atoms with E-state index in [-0.39, 0.29) is 12.2 Å². The van der Waals surface area contributed by atoms with E-state index in [1.54, 1.807) is 30.3 Å². The van der Waals surface area contributed by atoms with Crippen molar-refractivity contribution in [2.45, 2.75) is 12.5 Å². The van der Waals surface area contributed by atoms with E-state index in [1.807, 2.05) is 0 Å². The van der Waals surface area contributed by atoms with Crippen LogP contribution in [0.1, 0.15) is 17.2 Å². The van der Waals surface area contributed by atoms with Gasteiger partial charge < -0.3 is 5.11 Å². The molecule has 2 aromatic carbocycles. The van der Waals surface area contributed by atoms with Gasteiger partial charge in [0.05, 0.1) is 6.10 Å². The molecule has 0 aliphatic rings. The van der Waals surface area contributed by atoms with Gasteiger partial charge in [-0.05, 0) is 35.4 Å². The van der Waals surface area contributed by atoms with Gasteiger partial charge in [0.25, 0.3) is 0 Å². The lowest BCUT2D eigenvalue weighted by molar-refractivity contribution is 0.176. The van der Waals surface area contributed by atoms with Crippen LogP contribution in [-0.4, -0.2) is 5.11 Å². The molecular weight excluding hydrogens is 398 g/mol. The highest BCUT2D eigenvalue weighted by molar-refractivity contribution is 9.10. The molecule has 2 aromatic rings. The molecule has 0 heterocycles. The molecule has 0 saturated heterocycles. The first kappa shape index (κ1) is 15.0. The summed E-state index contributed by atoms with van der Waals surface area (Å²) in [5.41, 5.74) is 1.16. The molecule has 0 saturated carbocycles. The van der Waals surface area contributed by atoms with Crippen molar-refractivity contribution in [2.24, 2.45) is 0 Å². The number of hydrogen-bond donors (Lipinski definition) is 1. The minimum Gasteiger partial charge on any atom is -0.388 e. The predicted molar refractivity (Wildman–Crippen MR) is 81.9 cm³/mol. The Labute approximate surface area is 132 Å². The van der Waals surface area contributed by atoms with Crippen molar-refractivity contribution in [1.29, 1.82) is 0 Å². The van der Waals surface area contributed by atoms with E-state index in [0.717, 1.165) is 0 Å². The number of halogens is 4. The summed E-state index contributed by atoms with van der Waals surface area (Å²) in [6.45, 7) is 0. The van der Waals surface area contributed by atoms with Gasteiger partial charge >= 0.3 is 0 Å². The molecule has 19 heavy (non-hydrogen) atoms. The third-order valence-corrected chi connectivity index (χ3v) is 4.16. The third-order valence-electron chi connectivity index (χ3n) is 2.75. The molecule has 1 unspecified atom stereocenters. The van der Waals surface area contributed by atoms with Crippen molar-refractivity contribution in [2.75, 3.05) is 0 Å². The summed E-state index contributed by atoms with van der Waals surface area (Å²) in [4.78, 5) is 0. The molecule has 0 aliphatic heterocycles. The summed E-state index contributed by atoms with van der Waals surface area (Å²) in [7, 11) is 0. The van der Waals surface area contributed by atoms with E-state index < -0.39 is 6.10 Å². The number of benzene rings is 2. The van der Waals surface area contributed by atoms with Gasteiger partial charge in [0.1, 0.15) is 5.82 Å². The molecule has 100 valence electrons. The van der Waals surface area contributed by atoms with Gasteiger partial charge in [-0.25, -0.2) is 4.39 Å². The minimum atomic E-state index is -0.790. The summed E-state index contributed by atoms with van der Waals surface area (Å²) in [5.74, 6) is -0.335. The molecule has 1 nitrogen and oxygen atoms in total. The fraction of sp³-hybridized carbons (Fsp3) is 0.143. The van der Waals surface area contributed by atoms with Crippen molar-refractivity contribution in [1.82, 2.24) is 0 Å². The van der Waals surface area contributed by atoms with Crippen LogP contribution >= 0.6 is 43.5 Å². The summed E-state index contributed by atoms with van der Waals surface area (Å²) in [6.07, 6.45) is -0.582. The molecule has 1 atom stereocenters. The molecule has 0 radical (unpaired) electrons. The quantitative estimate of drug-likeness (QED) is 0.733. The molecule has 0 aromatic heterocycles. The van der Waals surface area contributed by atoms with Crippen LogP contribution < -0.4 is 0 Å². The molecule has 0 spiro atoms. The highest BCUT2D eigenvalue weighted by atomic mass is 79.9. The van der Waals surface area contributed by atoms with Gasteiger partial charge in [-0.3, -0.25) is 0 Å². The Morgan fingerprint density at radius 2 is 1.89 bits per heavy atom. The summed E-state index contributed by atoms with van der Waals surface area (Å²) >= 11 is 12.4. The summed E-state index contributed by atoms with van der Waals surface area (Å²) < 4.78 is 15.1. The lowest BCUT2D eigenvalue weighted by Gasteiger charge is -2.14. The van der Waals surface area contributed by atoms with Gasteiger partial charge in [-0.1, -0.05) is 55.6 Å². The van der Waals surface area contributed by atoms with Crippen LogP contribution in [0.3, 0.4) is 0 Å². The van der Waals surface area contributed by atoms with Crippen molar-refractivity contribution < 1.29 is 9.50 Å². The molecule has 0 fully saturated rings. The van der Waals surface area contributed by atoms with Crippen LogP contribution in [0.15, 0.2) is 45.3 Å². The molecule has 1 N–H and O–H groups in total. The van der Waals surface area contributed by atoms with E-state index >= 15 is 0 Å². The maximum absolute atomic E-state index is 13.7. The van der Waals surface area contributed by atoms with E-state index in [0.29, 0.717) is 25.1 Å². The first-order valence-electron chi connectivity index (χ1n) is 5.54. The molecule has 2 rings (SSSR count). The second-order valence-corrected chi connectivity index (χ2v) is 6.33. The lowest BCUT2D eigenvalue weighted by Crippen LogP contribution is -2.04. The second kappa shape index (κ2) is 6.35. The van der Waals surface area contributed by atoms with Crippen LogP contribution in [0.2, 0.25) is 5.02 Å². The molecular formula is C14H10Br2ClFO. The van der Waals surface area contributed by atoms with Gasteiger partial charge in [0.15, 0.2) is 0 Å². The van der Waals surface area contributed by atoms with Crippen molar-refractivity contribution in [3.8, 4) is 0 Å². The normalized spacial score (nSPS) is 12.5. The van der Waals surface area contributed by atoms with Crippen molar-refractivity contribution in [3.63, 3.8) is 0 Å². The zero-order valence-corrected chi connectivity index (χ0v) is 13.6. The average Bonchev–Trinajstić information content (AvgIpc) is 2.32. The fourth-order valence-corrected chi connectivity index (χ4v) is 3.06. The van der Waals surface area contributed by atoms with Crippen LogP contribution in [0, 0.1) is 5.82 Å². The van der Waals surface area contributed by atoms with Gasteiger partial charge in [-0.2, -0.15) is 0 Å². The number of aliphatic hydroxyl groups is 1. The maximum Gasteiger partial charge on any atom is 0.127 e. The summed E-state index contributed by atoms with van der Waals surface area (Å²) in [5, 5.41) is 10.8. The topological polar surface area (TPSA) is 20.2 Å². The Kier molecular flexibility index (Phi) is 5.01. The zero-order chi connectivity index (χ0) is 14.0. The maximum atomic E-state index is 13.7. The van der Waals surface area contributed by atoms with Gasteiger partial charge in [-0.15, -0.1) is 0 Å². The average molecular weight is 408 g/mol. The first-order chi connectivity index (χ1) is 8.97. The smallest absolute Gasteiger partial charge is 0.127 e. The molecule has 0 bridgehead atoms. The Balaban J connectivity index is 2.23. The van der Waals surface area contributed by atoms with E-state index in [1.165, 1.54) is 6.07 Å². The van der Waals surface area contributed by atoms with E-state index in [2.05, 4.69) is 31.9 Å². The number of rotatable bonds is 3. The largest absolute Gasteiger partial charge is 0.388 e. The Hall–Kier alpha value is -0.420. The molecule has 0 amide bonds. The number of hydrogen-bond acceptors (Lipinski definition) is 1. The monoisotopic (exact) mass is 406 g/mol. The van der Waals surface area contributed by atoms with Crippen LogP contribution in [0.5, 0.6) is 0 Å². The highest BCUT2D eigenvalue weighted by Gasteiger charge is 2.14. The van der Waals surface area contributed by atoms with E-state index in [9.17, 15) is 9.50 Å². The van der Waals surface area contributed by atoms with Crippen LogP contribution in [-0.2, 0) is 6.42 Å². The standard InChI is InChI=1S/C14H10Br2ClFO/c15-9-2-1-8(13(18)6-9)5-14(19)11-4-3-10(17)7-12(11)16/h1-4,6-7,14,19H,5H2. The Bertz CT molecular complexity index is 604. The minimum absolute atomic E-state index is 0.208. The second-order valence-electron chi connectivity index (χ2n) is 4.12. The zero-order valence-electron chi connectivity index (χ0n) is 9.71. The van der Waals surface area contributed by atoms with Crippen molar-refractivity contribution >= 4 is 43.5 Å². The van der Waals surface area contributed by atoms with Crippen LogP contribution in [0.4, 0.5) is 4.39 Å². The third kappa shape index (κ3) is 3.78. The predicted octanol–water partition coefficient (Wildman–Crippen LogP) is 5.28. The SMILES string of the molecule is OC(Cc1ccc(Br)cc1F)c1ccc(Cl)cc1Br.